The van der Waals surface area contributed by atoms with E-state index in [0.29, 0.717) is 0 Å². The lowest BCUT2D eigenvalue weighted by Crippen LogP contribution is -2.23. The Kier molecular flexibility index (Phi) is 24.4. The second-order valence-electron chi connectivity index (χ2n) is 9.79. The van der Waals surface area contributed by atoms with Crippen LogP contribution in [0.5, 0.6) is 0 Å². The van der Waals surface area contributed by atoms with Gasteiger partial charge in [0, 0.05) is 16.5 Å². The van der Waals surface area contributed by atoms with Crippen molar-refractivity contribution in [2.45, 2.75) is 107 Å². The van der Waals surface area contributed by atoms with Crippen LogP contribution in [0, 0.1) is 23.7 Å². The first-order valence-electron chi connectivity index (χ1n) is 16.5. The molecule has 0 aromatic heterocycles. The second kappa shape index (κ2) is 25.5. The second-order valence-corrected chi connectivity index (χ2v) is 9.79. The number of hydrogen-bond acceptors (Lipinski definition) is 0. The number of rotatable bonds is 1. The van der Waals surface area contributed by atoms with E-state index in [1.807, 2.05) is 130 Å². The van der Waals surface area contributed by atoms with Crippen LogP contribution in [0.3, 0.4) is 0 Å². The molecule has 0 amide bonds. The van der Waals surface area contributed by atoms with Gasteiger partial charge in [-0.3, -0.25) is 0 Å². The predicted molar refractivity (Wildman–Crippen MR) is 200 cm³/mol. The lowest BCUT2D eigenvalue weighted by molar-refractivity contribution is 0.425. The summed E-state index contributed by atoms with van der Waals surface area (Å²) < 4.78 is 0. The van der Waals surface area contributed by atoms with Crippen LogP contribution in [0.15, 0.2) is 115 Å². The van der Waals surface area contributed by atoms with E-state index in [-0.39, 0.29) is 10.8 Å². The summed E-state index contributed by atoms with van der Waals surface area (Å²) >= 11 is 0. The Morgan fingerprint density at radius 2 is 0.750 bits per heavy atom. The molecule has 0 radical (unpaired) electrons. The molecule has 0 heteroatoms. The van der Waals surface area contributed by atoms with Gasteiger partial charge in [-0.2, -0.15) is 0 Å². The van der Waals surface area contributed by atoms with Crippen LogP contribution < -0.4 is 0 Å². The molecule has 4 aromatic rings. The highest BCUT2D eigenvalue weighted by atomic mass is 14.5. The summed E-state index contributed by atoms with van der Waals surface area (Å²) in [6.07, 6.45) is 1.18. The van der Waals surface area contributed by atoms with E-state index < -0.39 is 0 Å². The number of fused-ring (bicyclic) bond motifs is 1. The molecular weight excluding hydrogens is 528 g/mol. The maximum Gasteiger partial charge on any atom is 0.0245 e. The first-order chi connectivity index (χ1) is 21.4. The van der Waals surface area contributed by atoms with Crippen molar-refractivity contribution in [2.75, 3.05) is 0 Å². The molecule has 0 saturated heterocycles. The van der Waals surface area contributed by atoms with Gasteiger partial charge in [-0.1, -0.05) is 179 Å². The van der Waals surface area contributed by atoms with Gasteiger partial charge >= 0.3 is 0 Å². The monoisotopic (exact) mass is 588 g/mol. The third-order valence-corrected chi connectivity index (χ3v) is 6.54. The van der Waals surface area contributed by atoms with Crippen LogP contribution in [0.4, 0.5) is 0 Å². The normalized spacial score (nSPS) is 13.8. The zero-order chi connectivity index (χ0) is 33.9. The molecule has 0 fully saturated rings. The molecule has 0 heterocycles. The van der Waals surface area contributed by atoms with Gasteiger partial charge in [-0.15, -0.1) is 11.8 Å². The van der Waals surface area contributed by atoms with E-state index in [2.05, 4.69) is 99.1 Å². The maximum atomic E-state index is 2.96. The van der Waals surface area contributed by atoms with Crippen molar-refractivity contribution in [3.8, 4) is 23.7 Å². The molecule has 0 spiro atoms. The molecule has 1 atom stereocenters. The molecule has 1 aliphatic rings. The van der Waals surface area contributed by atoms with Gasteiger partial charge in [0.05, 0.1) is 0 Å². The quantitative estimate of drug-likeness (QED) is 0.194. The van der Waals surface area contributed by atoms with E-state index in [4.69, 9.17) is 0 Å². The van der Waals surface area contributed by atoms with Crippen LogP contribution >= 0.6 is 0 Å². The molecule has 0 saturated carbocycles. The van der Waals surface area contributed by atoms with Crippen molar-refractivity contribution in [1.82, 2.24) is 0 Å². The van der Waals surface area contributed by atoms with Crippen LogP contribution in [-0.2, 0) is 10.8 Å². The molecule has 0 bridgehead atoms. The zero-order valence-corrected chi connectivity index (χ0v) is 30.2. The number of hydrogen-bond donors (Lipinski definition) is 0. The molecule has 0 N–H and O–H groups in total. The first kappa shape index (κ1) is 42.1. The Bertz CT molecular complexity index is 1290. The first-order valence-corrected chi connectivity index (χ1v) is 16.5. The Morgan fingerprint density at radius 3 is 1.11 bits per heavy atom. The summed E-state index contributed by atoms with van der Waals surface area (Å²) in [5.74, 6) is 11.6. The van der Waals surface area contributed by atoms with Gasteiger partial charge < -0.3 is 0 Å². The summed E-state index contributed by atoms with van der Waals surface area (Å²) in [6, 6.07) is 39.7. The van der Waals surface area contributed by atoms with Crippen molar-refractivity contribution < 1.29 is 0 Å². The minimum atomic E-state index is 0.154. The summed E-state index contributed by atoms with van der Waals surface area (Å²) in [6.45, 7) is 26.8. The van der Waals surface area contributed by atoms with E-state index in [0.717, 1.165) is 11.1 Å². The highest BCUT2D eigenvalue weighted by molar-refractivity contribution is 5.51. The summed E-state index contributed by atoms with van der Waals surface area (Å²) in [7, 11) is 0. The molecule has 0 aliphatic heterocycles. The topological polar surface area (TPSA) is 0 Å². The highest BCUT2D eigenvalue weighted by Crippen LogP contribution is 2.52. The Morgan fingerprint density at radius 1 is 0.432 bits per heavy atom. The fraction of sp³-hybridized carbons (Fsp3) is 0.364. The molecule has 236 valence electrons. The zero-order valence-electron chi connectivity index (χ0n) is 30.2. The van der Waals surface area contributed by atoms with Crippen LogP contribution in [-0.4, -0.2) is 0 Å². The van der Waals surface area contributed by atoms with Crippen molar-refractivity contribution in [3.05, 3.63) is 143 Å². The van der Waals surface area contributed by atoms with Crippen molar-refractivity contribution >= 4 is 0 Å². The minimum Gasteiger partial charge on any atom is -0.101 e. The Hall–Kier alpha value is -4.00. The molecular formula is C44H60. The molecule has 1 unspecified atom stereocenters. The van der Waals surface area contributed by atoms with Gasteiger partial charge in [-0.05, 0) is 66.6 Å². The minimum absolute atomic E-state index is 0.154. The predicted octanol–water partition coefficient (Wildman–Crippen LogP) is 12.9. The van der Waals surface area contributed by atoms with Gasteiger partial charge in [0.25, 0.3) is 0 Å². The Labute approximate surface area is 273 Å². The highest BCUT2D eigenvalue weighted by Gasteiger charge is 2.45. The van der Waals surface area contributed by atoms with Crippen LogP contribution in [0.1, 0.15) is 124 Å². The number of benzene rings is 4. The van der Waals surface area contributed by atoms with Crippen molar-refractivity contribution in [1.29, 1.82) is 0 Å². The summed E-state index contributed by atoms with van der Waals surface area (Å²) in [5, 5.41) is 0. The standard InChI is InChI=1S/C18H20.2C9H8.4C2H6/c1-17(2)13-18(3,14-9-5-4-6-10-14)16-12-8-7-11-15(16)17;2*1-2-6-9-7-4-3-5-8-9;4*1-2/h4-12H,13H2,1-3H3;2*3-5,7-8H,1H3;4*1-2H3. The van der Waals surface area contributed by atoms with E-state index >= 15 is 0 Å². The maximum absolute atomic E-state index is 2.96. The lowest BCUT2D eigenvalue weighted by Gasteiger charge is -2.28. The van der Waals surface area contributed by atoms with Gasteiger partial charge in [0.1, 0.15) is 0 Å². The summed E-state index contributed by atoms with van der Waals surface area (Å²) in [4.78, 5) is 0. The average Bonchev–Trinajstić information content (AvgIpc) is 3.32. The average molecular weight is 589 g/mol. The van der Waals surface area contributed by atoms with E-state index in [9.17, 15) is 0 Å². The smallest absolute Gasteiger partial charge is 0.0245 e. The third kappa shape index (κ3) is 14.0. The van der Waals surface area contributed by atoms with Crippen molar-refractivity contribution in [2.24, 2.45) is 0 Å². The van der Waals surface area contributed by atoms with Crippen LogP contribution in [0.2, 0.25) is 0 Å². The largest absolute Gasteiger partial charge is 0.101 e. The molecule has 5 rings (SSSR count). The lowest BCUT2D eigenvalue weighted by atomic mass is 9.75. The molecule has 0 nitrogen and oxygen atoms in total. The molecule has 4 aromatic carbocycles. The van der Waals surface area contributed by atoms with E-state index in [1.54, 1.807) is 0 Å². The fourth-order valence-corrected chi connectivity index (χ4v) is 5.02. The molecule has 44 heavy (non-hydrogen) atoms. The SMILES string of the molecule is CC.CC.CC.CC.CC#Cc1ccccc1.CC#Cc1ccccc1.CC1(C)CC(C)(c2ccccc2)c2ccccc21. The van der Waals surface area contributed by atoms with Crippen LogP contribution in [0.25, 0.3) is 0 Å². The van der Waals surface area contributed by atoms with Crippen molar-refractivity contribution in [3.63, 3.8) is 0 Å². The Balaban J connectivity index is 0. The van der Waals surface area contributed by atoms with Gasteiger partial charge in [-0.25, -0.2) is 0 Å². The van der Waals surface area contributed by atoms with Gasteiger partial charge in [0.2, 0.25) is 0 Å². The van der Waals surface area contributed by atoms with Gasteiger partial charge in [0.15, 0.2) is 0 Å². The molecule has 1 aliphatic carbocycles. The fourth-order valence-electron chi connectivity index (χ4n) is 5.02. The third-order valence-electron chi connectivity index (χ3n) is 6.54. The van der Waals surface area contributed by atoms with E-state index in [1.165, 1.54) is 23.1 Å². The summed E-state index contributed by atoms with van der Waals surface area (Å²) in [5.41, 5.74) is 7.03.